The summed E-state index contributed by atoms with van der Waals surface area (Å²) in [5, 5.41) is 2.63. The van der Waals surface area contributed by atoms with Crippen molar-refractivity contribution in [2.75, 3.05) is 13.2 Å². The molecule has 0 heterocycles. The second-order valence-corrected chi connectivity index (χ2v) is 5.75. The second-order valence-electron chi connectivity index (χ2n) is 5.12. The Morgan fingerprint density at radius 2 is 1.95 bits per heavy atom. The first-order valence-electron chi connectivity index (χ1n) is 7.21. The summed E-state index contributed by atoms with van der Waals surface area (Å²) in [5.41, 5.74) is 1.13. The van der Waals surface area contributed by atoms with E-state index < -0.39 is 0 Å². The van der Waals surface area contributed by atoms with Crippen LogP contribution in [0.1, 0.15) is 32.3 Å². The first kappa shape index (κ1) is 17.1. The molecule has 3 nitrogen and oxygen atoms in total. The third-order valence-corrected chi connectivity index (χ3v) is 3.31. The SMILES string of the molecule is CC(C)OCCCCNC(=O)C(S)Cc1ccccc1. The van der Waals surface area contributed by atoms with Crippen molar-refractivity contribution in [1.29, 1.82) is 0 Å². The number of rotatable bonds is 9. The fraction of sp³-hybridized carbons (Fsp3) is 0.562. The topological polar surface area (TPSA) is 38.3 Å². The van der Waals surface area contributed by atoms with Gasteiger partial charge in [0, 0.05) is 13.2 Å². The van der Waals surface area contributed by atoms with Gasteiger partial charge in [-0.25, -0.2) is 0 Å². The van der Waals surface area contributed by atoms with Crippen molar-refractivity contribution in [3.05, 3.63) is 35.9 Å². The largest absolute Gasteiger partial charge is 0.379 e. The molecule has 112 valence electrons. The van der Waals surface area contributed by atoms with E-state index in [4.69, 9.17) is 4.74 Å². The first-order chi connectivity index (χ1) is 9.59. The Morgan fingerprint density at radius 1 is 1.25 bits per heavy atom. The zero-order chi connectivity index (χ0) is 14.8. The van der Waals surface area contributed by atoms with Crippen molar-refractivity contribution in [1.82, 2.24) is 5.32 Å². The van der Waals surface area contributed by atoms with E-state index >= 15 is 0 Å². The van der Waals surface area contributed by atoms with Crippen LogP contribution in [0, 0.1) is 0 Å². The molecule has 0 spiro atoms. The Bertz CT molecular complexity index is 381. The molecule has 0 fully saturated rings. The number of hydrogen-bond donors (Lipinski definition) is 2. The minimum absolute atomic E-state index is 0.00182. The van der Waals surface area contributed by atoms with Crippen LogP contribution in [0.2, 0.25) is 0 Å². The summed E-state index contributed by atoms with van der Waals surface area (Å²) in [6, 6.07) is 9.95. The highest BCUT2D eigenvalue weighted by Gasteiger charge is 2.13. The lowest BCUT2D eigenvalue weighted by molar-refractivity contribution is -0.120. The van der Waals surface area contributed by atoms with Crippen LogP contribution >= 0.6 is 12.6 Å². The van der Waals surface area contributed by atoms with Crippen LogP contribution in [-0.4, -0.2) is 30.4 Å². The monoisotopic (exact) mass is 295 g/mol. The highest BCUT2D eigenvalue weighted by molar-refractivity contribution is 7.81. The molecule has 1 unspecified atom stereocenters. The molecule has 4 heteroatoms. The molecule has 1 aromatic rings. The number of thiol groups is 1. The smallest absolute Gasteiger partial charge is 0.233 e. The van der Waals surface area contributed by atoms with Crippen molar-refractivity contribution in [2.45, 2.75) is 44.5 Å². The average molecular weight is 295 g/mol. The van der Waals surface area contributed by atoms with Gasteiger partial charge in [-0.05, 0) is 38.7 Å². The molecule has 0 bridgehead atoms. The number of carbonyl (C=O) groups is 1. The maximum absolute atomic E-state index is 11.9. The highest BCUT2D eigenvalue weighted by Crippen LogP contribution is 2.07. The van der Waals surface area contributed by atoms with E-state index in [-0.39, 0.29) is 17.3 Å². The molecule has 0 aliphatic rings. The van der Waals surface area contributed by atoms with Crippen LogP contribution in [0.3, 0.4) is 0 Å². The molecule has 0 aromatic heterocycles. The van der Waals surface area contributed by atoms with E-state index in [0.29, 0.717) is 13.0 Å². The minimum Gasteiger partial charge on any atom is -0.379 e. The van der Waals surface area contributed by atoms with Gasteiger partial charge in [0.1, 0.15) is 0 Å². The Labute approximate surface area is 127 Å². The van der Waals surface area contributed by atoms with E-state index in [2.05, 4.69) is 17.9 Å². The fourth-order valence-electron chi connectivity index (χ4n) is 1.81. The van der Waals surface area contributed by atoms with E-state index in [1.165, 1.54) is 0 Å². The molecule has 20 heavy (non-hydrogen) atoms. The third kappa shape index (κ3) is 7.56. The molecule has 1 N–H and O–H groups in total. The Hall–Kier alpha value is -1.00. The van der Waals surface area contributed by atoms with Gasteiger partial charge in [-0.15, -0.1) is 0 Å². The minimum atomic E-state index is -0.288. The van der Waals surface area contributed by atoms with Gasteiger partial charge in [0.15, 0.2) is 0 Å². The van der Waals surface area contributed by atoms with Gasteiger partial charge in [-0.2, -0.15) is 12.6 Å². The van der Waals surface area contributed by atoms with E-state index in [1.807, 2.05) is 44.2 Å². The van der Waals surface area contributed by atoms with Gasteiger partial charge in [0.25, 0.3) is 0 Å². The molecule has 1 atom stereocenters. The number of benzene rings is 1. The maximum Gasteiger partial charge on any atom is 0.233 e. The lowest BCUT2D eigenvalue weighted by atomic mass is 10.1. The predicted molar refractivity (Wildman–Crippen MR) is 86.3 cm³/mol. The summed E-state index contributed by atoms with van der Waals surface area (Å²) in [7, 11) is 0. The molecule has 1 amide bonds. The molecular formula is C16H25NO2S. The van der Waals surface area contributed by atoms with Gasteiger partial charge >= 0.3 is 0 Å². The first-order valence-corrected chi connectivity index (χ1v) is 7.72. The van der Waals surface area contributed by atoms with Crippen molar-refractivity contribution in [2.24, 2.45) is 0 Å². The maximum atomic E-state index is 11.9. The lowest BCUT2D eigenvalue weighted by Crippen LogP contribution is -2.33. The van der Waals surface area contributed by atoms with Crippen molar-refractivity contribution in [3.8, 4) is 0 Å². The molecule has 0 radical (unpaired) electrons. The summed E-state index contributed by atoms with van der Waals surface area (Å²) >= 11 is 4.37. The van der Waals surface area contributed by atoms with Crippen LogP contribution in [0.15, 0.2) is 30.3 Å². The van der Waals surface area contributed by atoms with Gasteiger partial charge in [-0.1, -0.05) is 30.3 Å². The number of amides is 1. The highest BCUT2D eigenvalue weighted by atomic mass is 32.1. The zero-order valence-corrected chi connectivity index (χ0v) is 13.2. The van der Waals surface area contributed by atoms with Crippen molar-refractivity contribution < 1.29 is 9.53 Å². The molecule has 1 aromatic carbocycles. The number of carbonyl (C=O) groups excluding carboxylic acids is 1. The molecule has 0 aliphatic heterocycles. The standard InChI is InChI=1S/C16H25NO2S/c1-13(2)19-11-7-6-10-17-16(18)15(20)12-14-8-4-3-5-9-14/h3-5,8-9,13,15,20H,6-7,10-12H2,1-2H3,(H,17,18). The number of hydrogen-bond acceptors (Lipinski definition) is 3. The van der Waals surface area contributed by atoms with Gasteiger partial charge in [0.05, 0.1) is 11.4 Å². The molecule has 0 saturated carbocycles. The van der Waals surface area contributed by atoms with Gasteiger partial charge in [0.2, 0.25) is 5.91 Å². The van der Waals surface area contributed by atoms with Crippen LogP contribution in [0.4, 0.5) is 0 Å². The van der Waals surface area contributed by atoms with E-state index in [9.17, 15) is 4.79 Å². The zero-order valence-electron chi connectivity index (χ0n) is 12.3. The quantitative estimate of drug-likeness (QED) is 0.543. The Morgan fingerprint density at radius 3 is 2.60 bits per heavy atom. The summed E-state index contributed by atoms with van der Waals surface area (Å²) in [4.78, 5) is 11.9. The summed E-state index contributed by atoms with van der Waals surface area (Å²) in [6.07, 6.45) is 2.84. The summed E-state index contributed by atoms with van der Waals surface area (Å²) in [6.45, 7) is 5.49. The van der Waals surface area contributed by atoms with Gasteiger partial charge < -0.3 is 10.1 Å². The number of ether oxygens (including phenoxy) is 1. The predicted octanol–water partition coefficient (Wildman–Crippen LogP) is 2.85. The number of unbranched alkanes of at least 4 members (excludes halogenated alkanes) is 1. The Kier molecular flexibility index (Phi) is 8.38. The molecule has 0 aliphatic carbocycles. The van der Waals surface area contributed by atoms with Crippen molar-refractivity contribution >= 4 is 18.5 Å². The third-order valence-electron chi connectivity index (χ3n) is 2.90. The van der Waals surface area contributed by atoms with Crippen LogP contribution in [0.25, 0.3) is 0 Å². The second kappa shape index (κ2) is 9.83. The normalized spacial score (nSPS) is 12.4. The van der Waals surface area contributed by atoms with E-state index in [1.54, 1.807) is 0 Å². The molecule has 1 rings (SSSR count). The summed E-state index contributed by atoms with van der Waals surface area (Å²) < 4.78 is 5.45. The van der Waals surface area contributed by atoms with Crippen LogP contribution < -0.4 is 5.32 Å². The van der Waals surface area contributed by atoms with Crippen molar-refractivity contribution in [3.63, 3.8) is 0 Å². The summed E-state index contributed by atoms with van der Waals surface area (Å²) in [5.74, 6) is 0.00182. The number of nitrogens with one attached hydrogen (secondary N) is 1. The Balaban J connectivity index is 2.13. The average Bonchev–Trinajstić information content (AvgIpc) is 2.43. The van der Waals surface area contributed by atoms with Crippen LogP contribution in [-0.2, 0) is 16.0 Å². The lowest BCUT2D eigenvalue weighted by Gasteiger charge is -2.12. The molecule has 0 saturated heterocycles. The van der Waals surface area contributed by atoms with Gasteiger partial charge in [-0.3, -0.25) is 4.79 Å². The van der Waals surface area contributed by atoms with Crippen LogP contribution in [0.5, 0.6) is 0 Å². The molecular weight excluding hydrogens is 270 g/mol. The van der Waals surface area contributed by atoms with E-state index in [0.717, 1.165) is 25.0 Å². The fourth-order valence-corrected chi connectivity index (χ4v) is 2.11.